The van der Waals surface area contributed by atoms with Crippen molar-refractivity contribution in [3.8, 4) is 12.3 Å². The molecule has 0 aromatic rings. The van der Waals surface area contributed by atoms with E-state index >= 15 is 0 Å². The van der Waals surface area contributed by atoms with E-state index in [0.29, 0.717) is 24.4 Å². The van der Waals surface area contributed by atoms with Crippen molar-refractivity contribution in [3.63, 3.8) is 0 Å². The molecule has 2 aliphatic rings. The van der Waals surface area contributed by atoms with Crippen molar-refractivity contribution in [3.05, 3.63) is 48.0 Å². The van der Waals surface area contributed by atoms with Crippen LogP contribution in [0, 0.1) is 24.2 Å². The second-order valence-corrected chi connectivity index (χ2v) is 6.15. The minimum atomic E-state index is -0.574. The molecule has 2 rings (SSSR count). The van der Waals surface area contributed by atoms with Crippen molar-refractivity contribution >= 4 is 11.9 Å². The van der Waals surface area contributed by atoms with Gasteiger partial charge in [0.25, 0.3) is 0 Å². The number of hydrogen-bond donors (Lipinski definition) is 2. The average Bonchev–Trinajstić information content (AvgIpc) is 2.70. The van der Waals surface area contributed by atoms with Crippen molar-refractivity contribution < 1.29 is 23.9 Å². The zero-order chi connectivity index (χ0) is 19.6. The number of ether oxygens (including phenoxy) is 2. The number of terminal acetylenes is 1. The molecule has 7 nitrogen and oxygen atoms in total. The van der Waals surface area contributed by atoms with Crippen molar-refractivity contribution in [2.24, 2.45) is 17.7 Å². The molecule has 0 saturated carbocycles. The second-order valence-electron chi connectivity index (χ2n) is 6.15. The number of carbonyl (C=O) groups excluding carboxylic acids is 2. The van der Waals surface area contributed by atoms with Crippen LogP contribution in [0.25, 0.3) is 0 Å². The van der Waals surface area contributed by atoms with E-state index in [9.17, 15) is 9.59 Å². The molecule has 1 amide bonds. The van der Waals surface area contributed by atoms with Gasteiger partial charge in [0.05, 0.1) is 13.0 Å². The molecule has 0 bridgehead atoms. The molecule has 0 aromatic heterocycles. The van der Waals surface area contributed by atoms with Gasteiger partial charge < -0.3 is 19.6 Å². The first-order valence-electron chi connectivity index (χ1n) is 8.66. The Balaban J connectivity index is 1.93. The second kappa shape index (κ2) is 10.2. The van der Waals surface area contributed by atoms with Crippen LogP contribution >= 0.6 is 0 Å². The highest BCUT2D eigenvalue weighted by atomic mass is 16.7. The summed E-state index contributed by atoms with van der Waals surface area (Å²) >= 11 is 0. The van der Waals surface area contributed by atoms with E-state index in [2.05, 4.69) is 16.1 Å². The van der Waals surface area contributed by atoms with Crippen molar-refractivity contribution in [2.45, 2.75) is 25.3 Å². The number of amides is 1. The summed E-state index contributed by atoms with van der Waals surface area (Å²) in [5.74, 6) is 7.21. The number of allylic oxidation sites excluding steroid dienone is 5. The third-order valence-corrected chi connectivity index (χ3v) is 4.38. The van der Waals surface area contributed by atoms with E-state index in [1.807, 2.05) is 12.2 Å². The van der Waals surface area contributed by atoms with Crippen LogP contribution in [-0.4, -0.2) is 31.6 Å². The van der Waals surface area contributed by atoms with Crippen LogP contribution in [0.2, 0.25) is 0 Å². The maximum Gasteiger partial charge on any atom is 0.333 e. The van der Waals surface area contributed by atoms with Gasteiger partial charge in [-0.25, -0.2) is 4.79 Å². The van der Waals surface area contributed by atoms with Gasteiger partial charge in [0, 0.05) is 18.4 Å². The minimum absolute atomic E-state index is 0.0139. The number of nitrogens with one attached hydrogen (secondary N) is 1. The Labute approximate surface area is 158 Å². The largest absolute Gasteiger partial charge is 0.497 e. The van der Waals surface area contributed by atoms with Crippen LogP contribution < -0.4 is 11.2 Å². The van der Waals surface area contributed by atoms with E-state index in [0.717, 1.165) is 6.42 Å². The van der Waals surface area contributed by atoms with Crippen LogP contribution in [0.15, 0.2) is 48.0 Å². The lowest BCUT2D eigenvalue weighted by atomic mass is 9.90. The maximum absolute atomic E-state index is 12.2. The number of carbonyl (C=O) groups is 2. The zero-order valence-electron chi connectivity index (χ0n) is 15.2. The summed E-state index contributed by atoms with van der Waals surface area (Å²) in [6.45, 7) is 0.164. The lowest BCUT2D eigenvalue weighted by Crippen LogP contribution is -2.44. The minimum Gasteiger partial charge on any atom is -0.497 e. The molecule has 3 unspecified atom stereocenters. The standard InChI is InChI=1S/C20H24N2O5/c1-3-12-26-17-10-8-14(13-18(17)25-2)9-11-19(23)22-16-7-5-4-6-15(16)20(24)27-21/h1,4,6,8-11,14-16H,5,7,12-13,21H2,2H3,(H,22,23)/b11-9+. The van der Waals surface area contributed by atoms with Crippen molar-refractivity contribution in [1.29, 1.82) is 0 Å². The fourth-order valence-electron chi connectivity index (χ4n) is 3.01. The number of nitrogens with two attached hydrogens (primary N) is 1. The highest BCUT2D eigenvalue weighted by Crippen LogP contribution is 2.26. The van der Waals surface area contributed by atoms with Gasteiger partial charge in [-0.05, 0) is 25.0 Å². The summed E-state index contributed by atoms with van der Waals surface area (Å²) < 4.78 is 10.8. The smallest absolute Gasteiger partial charge is 0.333 e. The summed E-state index contributed by atoms with van der Waals surface area (Å²) in [5.41, 5.74) is 0. The third kappa shape index (κ3) is 5.76. The molecule has 0 radical (unpaired) electrons. The molecule has 3 N–H and O–H groups in total. The van der Waals surface area contributed by atoms with Crippen LogP contribution in [0.1, 0.15) is 19.3 Å². The Hall–Kier alpha value is -2.98. The van der Waals surface area contributed by atoms with Crippen LogP contribution in [0.4, 0.5) is 0 Å². The summed E-state index contributed by atoms with van der Waals surface area (Å²) in [6.07, 6.45) is 17.7. The topological polar surface area (TPSA) is 99.9 Å². The van der Waals surface area contributed by atoms with Gasteiger partial charge in [-0.2, -0.15) is 5.90 Å². The fourth-order valence-corrected chi connectivity index (χ4v) is 3.01. The summed E-state index contributed by atoms with van der Waals surface area (Å²) in [5, 5.41) is 2.84. The molecule has 3 atom stereocenters. The molecule has 144 valence electrons. The molecule has 7 heteroatoms. The molecule has 0 fully saturated rings. The quantitative estimate of drug-likeness (QED) is 0.304. The molecule has 27 heavy (non-hydrogen) atoms. The van der Waals surface area contributed by atoms with Gasteiger partial charge >= 0.3 is 5.97 Å². The number of hydrogen-bond acceptors (Lipinski definition) is 6. The summed E-state index contributed by atoms with van der Waals surface area (Å²) in [6, 6.07) is -0.344. The predicted octanol–water partition coefficient (Wildman–Crippen LogP) is 1.49. The Morgan fingerprint density at radius 1 is 1.44 bits per heavy atom. The summed E-state index contributed by atoms with van der Waals surface area (Å²) in [4.78, 5) is 28.3. The first-order valence-corrected chi connectivity index (χ1v) is 8.66. The lowest BCUT2D eigenvalue weighted by Gasteiger charge is -2.25. The third-order valence-electron chi connectivity index (χ3n) is 4.38. The Morgan fingerprint density at radius 2 is 2.26 bits per heavy atom. The molecule has 0 heterocycles. The van der Waals surface area contributed by atoms with Crippen LogP contribution in [-0.2, 0) is 23.9 Å². The molecule has 0 aromatic carbocycles. The van der Waals surface area contributed by atoms with Gasteiger partial charge in [0.1, 0.15) is 12.4 Å². The zero-order valence-corrected chi connectivity index (χ0v) is 15.2. The lowest BCUT2D eigenvalue weighted by molar-refractivity contribution is -0.148. The Kier molecular flexibility index (Phi) is 7.71. The van der Waals surface area contributed by atoms with Gasteiger partial charge in [-0.3, -0.25) is 4.79 Å². The van der Waals surface area contributed by atoms with Crippen molar-refractivity contribution in [1.82, 2.24) is 5.32 Å². The van der Waals surface area contributed by atoms with Crippen LogP contribution in [0.5, 0.6) is 0 Å². The highest BCUT2D eigenvalue weighted by molar-refractivity contribution is 5.88. The van der Waals surface area contributed by atoms with E-state index in [-0.39, 0.29) is 24.5 Å². The molecule has 0 spiro atoms. The van der Waals surface area contributed by atoms with Gasteiger partial charge in [-0.1, -0.05) is 30.2 Å². The van der Waals surface area contributed by atoms with E-state index < -0.39 is 11.9 Å². The highest BCUT2D eigenvalue weighted by Gasteiger charge is 2.30. The van der Waals surface area contributed by atoms with Gasteiger partial charge in [0.15, 0.2) is 5.76 Å². The number of methoxy groups -OCH3 is 1. The van der Waals surface area contributed by atoms with E-state index in [4.69, 9.17) is 21.8 Å². The Bertz CT molecular complexity index is 714. The molecule has 0 saturated heterocycles. The fraction of sp³-hybridized carbons (Fsp3) is 0.400. The van der Waals surface area contributed by atoms with E-state index in [1.54, 1.807) is 25.3 Å². The first kappa shape index (κ1) is 20.3. The number of rotatable bonds is 7. The molecule has 0 aliphatic heterocycles. The SMILES string of the molecule is C#CCOC1=C(OC)CC(/C=C/C(=O)NC2CCC=CC2C(=O)ON)C=C1. The normalized spacial score (nSPS) is 24.4. The first-order chi connectivity index (χ1) is 13.1. The average molecular weight is 372 g/mol. The summed E-state index contributed by atoms with van der Waals surface area (Å²) in [7, 11) is 1.56. The monoisotopic (exact) mass is 372 g/mol. The molecular weight excluding hydrogens is 348 g/mol. The Morgan fingerprint density at radius 3 is 2.96 bits per heavy atom. The van der Waals surface area contributed by atoms with Crippen LogP contribution in [0.3, 0.4) is 0 Å². The van der Waals surface area contributed by atoms with Crippen molar-refractivity contribution in [2.75, 3.05) is 13.7 Å². The van der Waals surface area contributed by atoms with Gasteiger partial charge in [0.2, 0.25) is 5.91 Å². The molecule has 2 aliphatic carbocycles. The van der Waals surface area contributed by atoms with E-state index in [1.165, 1.54) is 6.08 Å². The maximum atomic E-state index is 12.2. The molecular formula is C20H24N2O5. The predicted molar refractivity (Wildman–Crippen MR) is 99.3 cm³/mol. The van der Waals surface area contributed by atoms with Gasteiger partial charge in [-0.15, -0.1) is 6.42 Å².